The van der Waals surface area contributed by atoms with E-state index in [4.69, 9.17) is 9.47 Å². The van der Waals surface area contributed by atoms with Gasteiger partial charge in [0.25, 0.3) is 0 Å². The van der Waals surface area contributed by atoms with Gasteiger partial charge in [0.15, 0.2) is 0 Å². The second-order valence-electron chi connectivity index (χ2n) is 8.30. The van der Waals surface area contributed by atoms with Crippen LogP contribution in [0.1, 0.15) is 36.1 Å². The second-order valence-corrected chi connectivity index (χ2v) is 8.30. The quantitative estimate of drug-likeness (QED) is 0.807. The molecular weight excluding hydrogens is 371 g/mol. The van der Waals surface area contributed by atoms with Crippen LogP contribution >= 0.6 is 0 Å². The minimum Gasteiger partial charge on any atom is -0.472 e. The van der Waals surface area contributed by atoms with E-state index in [9.17, 15) is 4.39 Å². The Morgan fingerprint density at radius 1 is 1.21 bits per heavy atom. The van der Waals surface area contributed by atoms with Crippen LogP contribution in [-0.4, -0.2) is 52.8 Å². The SMILES string of the molecule is F[C@H]1CN2CCC[C@@]2(COc2nc3c(c(OCc4ccccc4)n2)CCNC3)C1. The third kappa shape index (κ3) is 3.81. The summed E-state index contributed by atoms with van der Waals surface area (Å²) in [7, 11) is 0. The van der Waals surface area contributed by atoms with Crippen molar-refractivity contribution in [2.75, 3.05) is 26.2 Å². The van der Waals surface area contributed by atoms with Gasteiger partial charge in [-0.05, 0) is 37.9 Å². The number of aromatic nitrogens is 2. The van der Waals surface area contributed by atoms with Crippen molar-refractivity contribution in [3.8, 4) is 11.9 Å². The molecule has 5 rings (SSSR count). The van der Waals surface area contributed by atoms with E-state index in [0.29, 0.717) is 44.6 Å². The molecule has 4 heterocycles. The molecule has 6 nitrogen and oxygen atoms in total. The van der Waals surface area contributed by atoms with Crippen molar-refractivity contribution in [3.63, 3.8) is 0 Å². The van der Waals surface area contributed by atoms with E-state index < -0.39 is 6.17 Å². The van der Waals surface area contributed by atoms with Crippen LogP contribution in [0.3, 0.4) is 0 Å². The number of ether oxygens (including phenoxy) is 2. The molecule has 2 atom stereocenters. The standard InChI is InChI=1S/C22H27FN4O2/c23-17-11-22(8-4-10-27(22)13-17)15-29-21-25-19-12-24-9-7-18(19)20(26-21)28-14-16-5-2-1-3-6-16/h1-3,5-6,17,24H,4,7-15H2/t17-,22+/m1/s1. The van der Waals surface area contributed by atoms with Crippen LogP contribution in [0.5, 0.6) is 11.9 Å². The molecule has 0 amide bonds. The largest absolute Gasteiger partial charge is 0.472 e. The van der Waals surface area contributed by atoms with E-state index in [2.05, 4.69) is 20.2 Å². The van der Waals surface area contributed by atoms with Crippen LogP contribution in [0.25, 0.3) is 0 Å². The lowest BCUT2D eigenvalue weighted by Gasteiger charge is -2.31. The summed E-state index contributed by atoms with van der Waals surface area (Å²) in [6.45, 7) is 3.91. The van der Waals surface area contributed by atoms with Crippen molar-refractivity contribution in [1.82, 2.24) is 20.2 Å². The molecule has 0 unspecified atom stereocenters. The van der Waals surface area contributed by atoms with Gasteiger partial charge >= 0.3 is 6.01 Å². The normalized spacial score (nSPS) is 26.2. The smallest absolute Gasteiger partial charge is 0.320 e. The first-order valence-corrected chi connectivity index (χ1v) is 10.5. The average Bonchev–Trinajstić information content (AvgIpc) is 3.27. The Morgan fingerprint density at radius 2 is 2.10 bits per heavy atom. The zero-order chi connectivity index (χ0) is 19.7. The van der Waals surface area contributed by atoms with E-state index in [1.807, 2.05) is 30.3 Å². The molecule has 1 aromatic carbocycles. The maximum Gasteiger partial charge on any atom is 0.320 e. The summed E-state index contributed by atoms with van der Waals surface area (Å²) in [5, 5.41) is 3.35. The number of hydrogen-bond donors (Lipinski definition) is 1. The van der Waals surface area contributed by atoms with Crippen LogP contribution in [0.4, 0.5) is 4.39 Å². The summed E-state index contributed by atoms with van der Waals surface area (Å²) in [5.41, 5.74) is 2.87. The van der Waals surface area contributed by atoms with Crippen LogP contribution < -0.4 is 14.8 Å². The molecule has 0 bridgehead atoms. The van der Waals surface area contributed by atoms with Gasteiger partial charge in [-0.3, -0.25) is 4.90 Å². The molecular formula is C22H27FN4O2. The van der Waals surface area contributed by atoms with Gasteiger partial charge in [0, 0.05) is 25.1 Å². The number of halogens is 1. The second kappa shape index (κ2) is 7.88. The van der Waals surface area contributed by atoms with Gasteiger partial charge in [0.05, 0.1) is 11.2 Å². The molecule has 29 heavy (non-hydrogen) atoms. The molecule has 154 valence electrons. The number of hydrogen-bond acceptors (Lipinski definition) is 6. The van der Waals surface area contributed by atoms with Crippen molar-refractivity contribution in [1.29, 1.82) is 0 Å². The molecule has 0 saturated carbocycles. The Bertz CT molecular complexity index is 865. The Hall–Kier alpha value is -2.25. The molecule has 2 aromatic rings. The molecule has 1 N–H and O–H groups in total. The van der Waals surface area contributed by atoms with Crippen molar-refractivity contribution < 1.29 is 13.9 Å². The van der Waals surface area contributed by atoms with Crippen molar-refractivity contribution in [3.05, 3.63) is 47.2 Å². The number of nitrogens with zero attached hydrogens (tertiary/aromatic N) is 3. The third-order valence-electron chi connectivity index (χ3n) is 6.33. The topological polar surface area (TPSA) is 59.5 Å². The maximum atomic E-state index is 14.0. The van der Waals surface area contributed by atoms with E-state index in [1.54, 1.807) is 0 Å². The minimum atomic E-state index is -0.766. The fourth-order valence-corrected chi connectivity index (χ4v) is 4.86. The van der Waals surface area contributed by atoms with Gasteiger partial charge in [-0.25, -0.2) is 4.39 Å². The van der Waals surface area contributed by atoms with Gasteiger partial charge < -0.3 is 14.8 Å². The predicted molar refractivity (Wildman–Crippen MR) is 107 cm³/mol. The number of alkyl halides is 1. The highest BCUT2D eigenvalue weighted by Gasteiger charge is 2.49. The van der Waals surface area contributed by atoms with Crippen LogP contribution in [0, 0.1) is 0 Å². The molecule has 0 spiro atoms. The molecule has 2 fully saturated rings. The van der Waals surface area contributed by atoms with E-state index in [0.717, 1.165) is 49.2 Å². The summed E-state index contributed by atoms with van der Waals surface area (Å²) < 4.78 is 26.1. The Balaban J connectivity index is 1.34. The summed E-state index contributed by atoms with van der Waals surface area (Å²) >= 11 is 0. The maximum absolute atomic E-state index is 14.0. The first-order chi connectivity index (χ1) is 14.2. The fourth-order valence-electron chi connectivity index (χ4n) is 4.86. The predicted octanol–water partition coefficient (Wildman–Crippen LogP) is 2.66. The minimum absolute atomic E-state index is 0.206. The molecule has 7 heteroatoms. The van der Waals surface area contributed by atoms with Crippen molar-refractivity contribution >= 4 is 0 Å². The highest BCUT2D eigenvalue weighted by Crippen LogP contribution is 2.40. The fraction of sp³-hybridized carbons (Fsp3) is 0.545. The molecule has 0 aliphatic carbocycles. The first kappa shape index (κ1) is 18.8. The molecule has 3 aliphatic heterocycles. The van der Waals surface area contributed by atoms with Gasteiger partial charge in [-0.15, -0.1) is 0 Å². The highest BCUT2D eigenvalue weighted by molar-refractivity contribution is 5.34. The molecule has 3 aliphatic rings. The zero-order valence-corrected chi connectivity index (χ0v) is 16.6. The van der Waals surface area contributed by atoms with E-state index >= 15 is 0 Å². The van der Waals surface area contributed by atoms with Crippen molar-refractivity contribution in [2.24, 2.45) is 0 Å². The number of nitrogens with one attached hydrogen (secondary N) is 1. The van der Waals surface area contributed by atoms with E-state index in [-0.39, 0.29) is 5.54 Å². The average molecular weight is 398 g/mol. The van der Waals surface area contributed by atoms with Crippen molar-refractivity contribution in [2.45, 2.75) is 50.5 Å². The molecule has 1 aromatic heterocycles. The number of rotatable bonds is 6. The van der Waals surface area contributed by atoms with Crippen LogP contribution in [0.2, 0.25) is 0 Å². The summed E-state index contributed by atoms with van der Waals surface area (Å²) in [6, 6.07) is 10.4. The van der Waals surface area contributed by atoms with Crippen LogP contribution in [-0.2, 0) is 19.6 Å². The third-order valence-corrected chi connectivity index (χ3v) is 6.33. The Kier molecular flexibility index (Phi) is 5.09. The van der Waals surface area contributed by atoms with Crippen LogP contribution in [0.15, 0.2) is 30.3 Å². The summed E-state index contributed by atoms with van der Waals surface area (Å²) in [5.74, 6) is 0.603. The zero-order valence-electron chi connectivity index (χ0n) is 16.6. The van der Waals surface area contributed by atoms with E-state index in [1.165, 1.54) is 0 Å². The lowest BCUT2D eigenvalue weighted by atomic mass is 9.95. The molecule has 2 saturated heterocycles. The van der Waals surface area contributed by atoms with Gasteiger partial charge in [-0.1, -0.05) is 30.3 Å². The lowest BCUT2D eigenvalue weighted by Crippen LogP contribution is -2.43. The highest BCUT2D eigenvalue weighted by atomic mass is 19.1. The lowest BCUT2D eigenvalue weighted by molar-refractivity contribution is 0.106. The summed E-state index contributed by atoms with van der Waals surface area (Å²) in [4.78, 5) is 11.5. The van der Waals surface area contributed by atoms with Gasteiger partial charge in [-0.2, -0.15) is 9.97 Å². The molecule has 0 radical (unpaired) electrons. The Morgan fingerprint density at radius 3 is 3.00 bits per heavy atom. The summed E-state index contributed by atoms with van der Waals surface area (Å²) in [6.07, 6.45) is 2.67. The number of fused-ring (bicyclic) bond motifs is 2. The monoisotopic (exact) mass is 398 g/mol. The van der Waals surface area contributed by atoms with Gasteiger partial charge in [0.2, 0.25) is 5.88 Å². The first-order valence-electron chi connectivity index (χ1n) is 10.5. The number of benzene rings is 1. The Labute approximate surface area is 170 Å². The van der Waals surface area contributed by atoms with Gasteiger partial charge in [0.1, 0.15) is 19.4 Å².